The predicted octanol–water partition coefficient (Wildman–Crippen LogP) is 3.60. The number of aromatic nitrogens is 2. The van der Waals surface area contributed by atoms with Crippen LogP contribution < -0.4 is 10.6 Å². The molecule has 20 heavy (non-hydrogen) atoms. The molecule has 2 aromatic heterocycles. The van der Waals surface area contributed by atoms with E-state index in [4.69, 9.17) is 0 Å². The topological polar surface area (TPSA) is 49.8 Å². The number of hydrogen-bond acceptors (Lipinski definition) is 6. The minimum absolute atomic E-state index is 0.431. The summed E-state index contributed by atoms with van der Waals surface area (Å²) in [5.41, 5.74) is 0. The summed E-state index contributed by atoms with van der Waals surface area (Å²) in [5.74, 6) is 1.66. The third-order valence-electron chi connectivity index (χ3n) is 3.83. The lowest BCUT2D eigenvalue weighted by Gasteiger charge is -2.14. The van der Waals surface area contributed by atoms with Crippen molar-refractivity contribution in [3.63, 3.8) is 0 Å². The molecule has 0 atom stereocenters. The van der Waals surface area contributed by atoms with Crippen molar-refractivity contribution >= 4 is 45.1 Å². The number of thiophene rings is 1. The number of rotatable bonds is 6. The fraction of sp³-hybridized carbons (Fsp3) is 0.571. The Bertz CT molecular complexity index is 619. The largest absolute Gasteiger partial charge is 0.368 e. The molecule has 0 radical (unpaired) electrons. The molecule has 6 heteroatoms. The van der Waals surface area contributed by atoms with Gasteiger partial charge in [0.25, 0.3) is 0 Å². The fourth-order valence-corrected chi connectivity index (χ4v) is 3.92. The second-order valence-electron chi connectivity index (χ2n) is 5.17. The van der Waals surface area contributed by atoms with Gasteiger partial charge in [0.2, 0.25) is 5.95 Å². The number of nitrogens with one attached hydrogen (secondary N) is 2. The van der Waals surface area contributed by atoms with E-state index < -0.39 is 0 Å². The Morgan fingerprint density at radius 2 is 2.20 bits per heavy atom. The van der Waals surface area contributed by atoms with Crippen LogP contribution in [0.3, 0.4) is 0 Å². The van der Waals surface area contributed by atoms with Gasteiger partial charge in [0.1, 0.15) is 10.6 Å². The van der Waals surface area contributed by atoms with E-state index in [1.807, 2.05) is 18.8 Å². The van der Waals surface area contributed by atoms with Crippen LogP contribution in [-0.4, -0.2) is 34.6 Å². The van der Waals surface area contributed by atoms with Gasteiger partial charge in [-0.05, 0) is 31.6 Å². The number of aryl methyl sites for hydroxylation is 1. The van der Waals surface area contributed by atoms with Crippen LogP contribution >= 0.6 is 23.1 Å². The minimum atomic E-state index is 0.431. The van der Waals surface area contributed by atoms with Gasteiger partial charge in [0.05, 0.1) is 5.39 Å². The van der Waals surface area contributed by atoms with E-state index in [9.17, 15) is 0 Å². The van der Waals surface area contributed by atoms with E-state index >= 15 is 0 Å². The quantitative estimate of drug-likeness (QED) is 0.854. The Balaban J connectivity index is 1.92. The number of anilines is 2. The molecule has 0 bridgehead atoms. The molecule has 4 nitrogen and oxygen atoms in total. The van der Waals surface area contributed by atoms with E-state index in [2.05, 4.69) is 39.8 Å². The molecule has 2 aromatic rings. The maximum Gasteiger partial charge on any atom is 0.225 e. The first-order chi connectivity index (χ1) is 9.69. The average Bonchev–Trinajstić information content (AvgIpc) is 3.14. The fourth-order valence-electron chi connectivity index (χ4n) is 2.23. The van der Waals surface area contributed by atoms with E-state index in [0.29, 0.717) is 10.7 Å². The van der Waals surface area contributed by atoms with Crippen LogP contribution in [0.5, 0.6) is 0 Å². The summed E-state index contributed by atoms with van der Waals surface area (Å²) in [6, 6.07) is 2.22. The molecule has 0 saturated heterocycles. The van der Waals surface area contributed by atoms with Gasteiger partial charge in [-0.2, -0.15) is 16.7 Å². The second kappa shape index (κ2) is 5.41. The van der Waals surface area contributed by atoms with Crippen LogP contribution in [0, 0.1) is 0 Å². The van der Waals surface area contributed by atoms with Crippen molar-refractivity contribution in [3.8, 4) is 0 Å². The van der Waals surface area contributed by atoms with Gasteiger partial charge < -0.3 is 10.6 Å². The Morgan fingerprint density at radius 3 is 2.80 bits per heavy atom. The van der Waals surface area contributed by atoms with Gasteiger partial charge in [-0.1, -0.05) is 6.92 Å². The van der Waals surface area contributed by atoms with Crippen molar-refractivity contribution in [1.82, 2.24) is 9.97 Å². The lowest BCUT2D eigenvalue weighted by atomic mass is 10.3. The van der Waals surface area contributed by atoms with Crippen LogP contribution in [0.1, 0.15) is 24.6 Å². The molecular weight excluding hydrogens is 288 g/mol. The lowest BCUT2D eigenvalue weighted by Crippen LogP contribution is -2.18. The summed E-state index contributed by atoms with van der Waals surface area (Å²) in [6.07, 6.45) is 5.85. The number of thioether (sulfide) groups is 1. The minimum Gasteiger partial charge on any atom is -0.368 e. The average molecular weight is 308 g/mol. The van der Waals surface area contributed by atoms with Crippen molar-refractivity contribution in [2.45, 2.75) is 30.9 Å². The van der Waals surface area contributed by atoms with E-state index in [1.165, 1.54) is 17.7 Å². The first-order valence-electron chi connectivity index (χ1n) is 6.97. The molecule has 2 N–H and O–H groups in total. The summed E-state index contributed by atoms with van der Waals surface area (Å²) in [5, 5.41) is 7.76. The van der Waals surface area contributed by atoms with Crippen molar-refractivity contribution in [3.05, 3.63) is 10.9 Å². The molecule has 1 aliphatic carbocycles. The third-order valence-corrected chi connectivity index (χ3v) is 6.43. The lowest BCUT2D eigenvalue weighted by molar-refractivity contribution is 0.941. The summed E-state index contributed by atoms with van der Waals surface area (Å²) in [4.78, 5) is 11.6. The van der Waals surface area contributed by atoms with E-state index in [0.717, 1.165) is 29.0 Å². The molecule has 0 amide bonds. The number of fused-ring (bicyclic) bond motifs is 1. The summed E-state index contributed by atoms with van der Waals surface area (Å²) in [7, 11) is 1.86. The molecule has 0 aliphatic heterocycles. The molecule has 3 rings (SSSR count). The maximum atomic E-state index is 4.60. The zero-order valence-electron chi connectivity index (χ0n) is 12.1. The molecular formula is C14H20N4S2. The summed E-state index contributed by atoms with van der Waals surface area (Å²) < 4.78 is 0.431. The maximum absolute atomic E-state index is 4.60. The first-order valence-corrected chi connectivity index (χ1v) is 9.01. The highest BCUT2D eigenvalue weighted by molar-refractivity contribution is 8.00. The molecule has 1 aliphatic rings. The Morgan fingerprint density at radius 1 is 1.40 bits per heavy atom. The van der Waals surface area contributed by atoms with Crippen LogP contribution in [0.4, 0.5) is 11.8 Å². The molecule has 1 saturated carbocycles. The Kier molecular flexibility index (Phi) is 3.77. The highest BCUT2D eigenvalue weighted by atomic mass is 32.2. The smallest absolute Gasteiger partial charge is 0.225 e. The number of hydrogen-bond donors (Lipinski definition) is 2. The molecule has 0 unspecified atom stereocenters. The van der Waals surface area contributed by atoms with Crippen LogP contribution in [0.2, 0.25) is 0 Å². The van der Waals surface area contributed by atoms with Gasteiger partial charge in [0, 0.05) is 23.2 Å². The van der Waals surface area contributed by atoms with Crippen molar-refractivity contribution < 1.29 is 0 Å². The SMILES string of the molecule is CCc1cc2c(NCC3(SC)CC3)nc(NC)nc2s1. The third kappa shape index (κ3) is 2.59. The van der Waals surface area contributed by atoms with Crippen LogP contribution in [-0.2, 0) is 6.42 Å². The van der Waals surface area contributed by atoms with Gasteiger partial charge >= 0.3 is 0 Å². The number of nitrogens with zero attached hydrogens (tertiary/aromatic N) is 2. The van der Waals surface area contributed by atoms with Crippen molar-refractivity contribution in [1.29, 1.82) is 0 Å². The monoisotopic (exact) mass is 308 g/mol. The summed E-state index contributed by atoms with van der Waals surface area (Å²) >= 11 is 3.72. The Labute approximate surface area is 127 Å². The Hall–Kier alpha value is -1.01. The van der Waals surface area contributed by atoms with E-state index in [-0.39, 0.29) is 0 Å². The molecule has 108 valence electrons. The molecule has 1 fully saturated rings. The van der Waals surface area contributed by atoms with Crippen molar-refractivity contribution in [2.75, 3.05) is 30.5 Å². The molecule has 2 heterocycles. The van der Waals surface area contributed by atoms with Crippen molar-refractivity contribution in [2.24, 2.45) is 0 Å². The van der Waals surface area contributed by atoms with Gasteiger partial charge in [-0.25, -0.2) is 4.98 Å². The summed E-state index contributed by atoms with van der Waals surface area (Å²) in [6.45, 7) is 3.16. The first kappa shape index (κ1) is 13.9. The zero-order chi connectivity index (χ0) is 14.2. The normalized spacial score (nSPS) is 16.4. The molecule has 0 aromatic carbocycles. The molecule has 0 spiro atoms. The van der Waals surface area contributed by atoms with E-state index in [1.54, 1.807) is 11.3 Å². The van der Waals surface area contributed by atoms with Gasteiger partial charge in [-0.3, -0.25) is 0 Å². The highest BCUT2D eigenvalue weighted by Crippen LogP contribution is 2.47. The van der Waals surface area contributed by atoms with Gasteiger partial charge in [0.15, 0.2) is 0 Å². The second-order valence-corrected chi connectivity index (χ2v) is 7.56. The highest BCUT2D eigenvalue weighted by Gasteiger charge is 2.41. The zero-order valence-corrected chi connectivity index (χ0v) is 13.7. The van der Waals surface area contributed by atoms with Crippen LogP contribution in [0.25, 0.3) is 10.2 Å². The van der Waals surface area contributed by atoms with Crippen LogP contribution in [0.15, 0.2) is 6.07 Å². The standard InChI is InChI=1S/C14H20N4S2/c1-4-9-7-10-11(16-8-14(19-3)5-6-14)17-13(15-2)18-12(10)20-9/h7H,4-6,8H2,1-3H3,(H2,15,16,17,18). The van der Waals surface area contributed by atoms with Gasteiger partial charge in [-0.15, -0.1) is 11.3 Å². The predicted molar refractivity (Wildman–Crippen MR) is 90.3 cm³/mol.